The molecule has 17 heavy (non-hydrogen) atoms. The second-order valence-electron chi connectivity index (χ2n) is 3.64. The van der Waals surface area contributed by atoms with Crippen molar-refractivity contribution >= 4 is 23.5 Å². The Kier molecular flexibility index (Phi) is 5.42. The van der Waals surface area contributed by atoms with Crippen molar-refractivity contribution in [2.45, 2.75) is 26.4 Å². The number of thiocarbonyl (C=S) groups is 1. The molecule has 1 aromatic carbocycles. The third-order valence-corrected chi connectivity index (χ3v) is 2.27. The van der Waals surface area contributed by atoms with E-state index in [1.807, 2.05) is 31.2 Å². The maximum atomic E-state index is 5.66. The predicted molar refractivity (Wildman–Crippen MR) is 74.3 cm³/mol. The highest BCUT2D eigenvalue weighted by Crippen LogP contribution is 2.13. The molecule has 0 fully saturated rings. The van der Waals surface area contributed by atoms with Gasteiger partial charge in [0.05, 0.1) is 12.3 Å². The number of ether oxygens (including phenoxy) is 1. The van der Waals surface area contributed by atoms with E-state index in [1.54, 1.807) is 6.21 Å². The van der Waals surface area contributed by atoms with Gasteiger partial charge in [-0.25, -0.2) is 0 Å². The van der Waals surface area contributed by atoms with Gasteiger partial charge in [-0.1, -0.05) is 6.92 Å². The highest BCUT2D eigenvalue weighted by atomic mass is 32.1. The van der Waals surface area contributed by atoms with E-state index in [1.165, 1.54) is 0 Å². The first-order chi connectivity index (χ1) is 8.11. The molecule has 0 aromatic heterocycles. The van der Waals surface area contributed by atoms with Crippen molar-refractivity contribution in [1.82, 2.24) is 5.43 Å². The second kappa shape index (κ2) is 6.85. The molecular formula is C12H17N3OS. The highest BCUT2D eigenvalue weighted by molar-refractivity contribution is 7.80. The minimum Gasteiger partial charge on any atom is -0.491 e. The Bertz CT molecular complexity index is 389. The molecule has 1 unspecified atom stereocenters. The fraction of sp³-hybridized carbons (Fsp3) is 0.333. The Morgan fingerprint density at radius 3 is 2.71 bits per heavy atom. The average Bonchev–Trinajstić information content (AvgIpc) is 2.31. The molecule has 0 amide bonds. The molecule has 5 heteroatoms. The molecule has 0 aliphatic carbocycles. The van der Waals surface area contributed by atoms with Gasteiger partial charge in [0, 0.05) is 0 Å². The van der Waals surface area contributed by atoms with Gasteiger partial charge in [-0.05, 0) is 55.4 Å². The highest BCUT2D eigenvalue weighted by Gasteiger charge is 1.99. The molecule has 0 saturated heterocycles. The largest absolute Gasteiger partial charge is 0.491 e. The van der Waals surface area contributed by atoms with E-state index in [4.69, 9.17) is 10.5 Å². The number of hydrogen-bond acceptors (Lipinski definition) is 3. The lowest BCUT2D eigenvalue weighted by molar-refractivity contribution is 0.217. The van der Waals surface area contributed by atoms with Crippen molar-refractivity contribution in [2.75, 3.05) is 0 Å². The lowest BCUT2D eigenvalue weighted by atomic mass is 10.2. The number of nitrogens with zero attached hydrogens (tertiary/aromatic N) is 1. The van der Waals surface area contributed by atoms with E-state index >= 15 is 0 Å². The van der Waals surface area contributed by atoms with Crippen LogP contribution in [0.3, 0.4) is 0 Å². The number of nitrogens with two attached hydrogens (primary N) is 1. The van der Waals surface area contributed by atoms with Crippen molar-refractivity contribution in [1.29, 1.82) is 0 Å². The van der Waals surface area contributed by atoms with Gasteiger partial charge < -0.3 is 10.5 Å². The summed E-state index contributed by atoms with van der Waals surface area (Å²) in [7, 11) is 0. The third kappa shape index (κ3) is 5.31. The van der Waals surface area contributed by atoms with Crippen molar-refractivity contribution in [2.24, 2.45) is 10.8 Å². The summed E-state index contributed by atoms with van der Waals surface area (Å²) < 4.78 is 5.66. The van der Waals surface area contributed by atoms with Crippen LogP contribution in [0.4, 0.5) is 0 Å². The molecule has 1 rings (SSSR count). The van der Waals surface area contributed by atoms with Crippen LogP contribution in [0.5, 0.6) is 5.75 Å². The standard InChI is InChI=1S/C12H17N3OS/c1-3-9(2)16-11-6-4-10(5-7-11)8-14-15-12(13)17/h4-9H,3H2,1-2H3,(H3,13,15,17)/b14-8+. The van der Waals surface area contributed by atoms with Crippen molar-refractivity contribution in [3.05, 3.63) is 29.8 Å². The Balaban J connectivity index is 2.55. The number of benzene rings is 1. The van der Waals surface area contributed by atoms with Gasteiger partial charge in [-0.15, -0.1) is 0 Å². The fourth-order valence-electron chi connectivity index (χ4n) is 1.12. The van der Waals surface area contributed by atoms with Gasteiger partial charge in [0.1, 0.15) is 5.75 Å². The van der Waals surface area contributed by atoms with E-state index < -0.39 is 0 Å². The SMILES string of the molecule is CCC(C)Oc1ccc(/C=N/NC(N)=S)cc1. The summed E-state index contributed by atoms with van der Waals surface area (Å²) in [5.41, 5.74) is 8.68. The van der Waals surface area contributed by atoms with E-state index in [0.29, 0.717) is 0 Å². The van der Waals surface area contributed by atoms with Crippen molar-refractivity contribution in [3.63, 3.8) is 0 Å². The van der Waals surface area contributed by atoms with E-state index in [2.05, 4.69) is 29.7 Å². The monoisotopic (exact) mass is 251 g/mol. The number of nitrogens with one attached hydrogen (secondary N) is 1. The molecule has 0 aliphatic heterocycles. The molecular weight excluding hydrogens is 234 g/mol. The molecule has 0 aliphatic rings. The average molecular weight is 251 g/mol. The zero-order valence-electron chi connectivity index (χ0n) is 10.0. The molecule has 92 valence electrons. The minimum absolute atomic E-state index is 0.151. The molecule has 1 aromatic rings. The molecule has 3 N–H and O–H groups in total. The summed E-state index contributed by atoms with van der Waals surface area (Å²) in [6.07, 6.45) is 2.86. The summed E-state index contributed by atoms with van der Waals surface area (Å²) in [5.74, 6) is 0.860. The molecule has 1 atom stereocenters. The molecule has 0 spiro atoms. The Morgan fingerprint density at radius 1 is 1.53 bits per heavy atom. The first kappa shape index (κ1) is 13.4. The van der Waals surface area contributed by atoms with Crippen LogP contribution in [0.2, 0.25) is 0 Å². The van der Waals surface area contributed by atoms with Crippen molar-refractivity contribution in [3.8, 4) is 5.75 Å². The first-order valence-corrected chi connectivity index (χ1v) is 5.88. The van der Waals surface area contributed by atoms with Gasteiger partial charge >= 0.3 is 0 Å². The molecule has 0 heterocycles. The van der Waals surface area contributed by atoms with Crippen LogP contribution in [-0.4, -0.2) is 17.4 Å². The smallest absolute Gasteiger partial charge is 0.184 e. The van der Waals surface area contributed by atoms with Crippen molar-refractivity contribution < 1.29 is 4.74 Å². The molecule has 0 saturated carbocycles. The van der Waals surface area contributed by atoms with Crippen LogP contribution in [-0.2, 0) is 0 Å². The summed E-state index contributed by atoms with van der Waals surface area (Å²) in [6.45, 7) is 4.13. The fourth-order valence-corrected chi connectivity index (χ4v) is 1.17. The summed E-state index contributed by atoms with van der Waals surface area (Å²) in [5, 5.41) is 4.02. The van der Waals surface area contributed by atoms with Crippen LogP contribution >= 0.6 is 12.2 Å². The Morgan fingerprint density at radius 2 is 2.18 bits per heavy atom. The zero-order chi connectivity index (χ0) is 12.7. The lowest BCUT2D eigenvalue weighted by Gasteiger charge is -2.12. The second-order valence-corrected chi connectivity index (χ2v) is 4.08. The number of hydrazone groups is 1. The summed E-state index contributed by atoms with van der Waals surface area (Å²) >= 11 is 4.63. The minimum atomic E-state index is 0.151. The van der Waals surface area contributed by atoms with Gasteiger partial charge in [0.15, 0.2) is 5.11 Å². The maximum Gasteiger partial charge on any atom is 0.184 e. The van der Waals surface area contributed by atoms with E-state index in [0.717, 1.165) is 17.7 Å². The van der Waals surface area contributed by atoms with E-state index in [9.17, 15) is 0 Å². The Labute approximate surface area is 107 Å². The van der Waals surface area contributed by atoms with Crippen LogP contribution in [0, 0.1) is 0 Å². The predicted octanol–water partition coefficient (Wildman–Crippen LogP) is 2.03. The molecule has 0 bridgehead atoms. The quantitative estimate of drug-likeness (QED) is 0.477. The van der Waals surface area contributed by atoms with Gasteiger partial charge in [0.25, 0.3) is 0 Å². The summed E-state index contributed by atoms with van der Waals surface area (Å²) in [4.78, 5) is 0. The molecule has 0 radical (unpaired) electrons. The van der Waals surface area contributed by atoms with E-state index in [-0.39, 0.29) is 11.2 Å². The van der Waals surface area contributed by atoms with Gasteiger partial charge in [-0.3, -0.25) is 5.43 Å². The van der Waals surface area contributed by atoms with Crippen LogP contribution in [0.15, 0.2) is 29.4 Å². The molecule has 4 nitrogen and oxygen atoms in total. The normalized spacial score (nSPS) is 12.4. The topological polar surface area (TPSA) is 59.6 Å². The third-order valence-electron chi connectivity index (χ3n) is 2.18. The Hall–Kier alpha value is -1.62. The maximum absolute atomic E-state index is 5.66. The van der Waals surface area contributed by atoms with Crippen LogP contribution < -0.4 is 15.9 Å². The van der Waals surface area contributed by atoms with Gasteiger partial charge in [0.2, 0.25) is 0 Å². The van der Waals surface area contributed by atoms with Crippen LogP contribution in [0.1, 0.15) is 25.8 Å². The van der Waals surface area contributed by atoms with Gasteiger partial charge in [-0.2, -0.15) is 5.10 Å². The first-order valence-electron chi connectivity index (χ1n) is 5.47. The summed E-state index contributed by atoms with van der Waals surface area (Å²) in [6, 6.07) is 7.66. The van der Waals surface area contributed by atoms with Crippen LogP contribution in [0.25, 0.3) is 0 Å². The zero-order valence-corrected chi connectivity index (χ0v) is 10.8. The number of rotatable bonds is 5. The number of hydrogen-bond donors (Lipinski definition) is 2. The lowest BCUT2D eigenvalue weighted by Crippen LogP contribution is -2.23.